The van der Waals surface area contributed by atoms with Crippen LogP contribution < -0.4 is 5.32 Å². The van der Waals surface area contributed by atoms with E-state index >= 15 is 0 Å². The van der Waals surface area contributed by atoms with Crippen LogP contribution in [-0.2, 0) is 4.74 Å². The Kier molecular flexibility index (Phi) is 7.31. The number of carbonyl (C=O) groups excluding carboxylic acids is 1. The molecule has 0 aromatic heterocycles. The van der Waals surface area contributed by atoms with Gasteiger partial charge in [-0.2, -0.15) is 0 Å². The fourth-order valence-corrected chi connectivity index (χ4v) is 2.20. The maximum Gasteiger partial charge on any atom is 0.407 e. The van der Waals surface area contributed by atoms with Gasteiger partial charge in [0.2, 0.25) is 0 Å². The summed E-state index contributed by atoms with van der Waals surface area (Å²) in [6, 6.07) is 0. The Morgan fingerprint density at radius 1 is 1.21 bits per heavy atom. The fraction of sp³-hybridized carbons (Fsp3) is 0.688. The molecule has 3 heteroatoms. The molecule has 0 heterocycles. The molecule has 1 aliphatic rings. The number of nitrogens with one attached hydrogen (secondary N) is 1. The number of carbonyl (C=O) groups is 1. The Labute approximate surface area is 117 Å². The minimum atomic E-state index is -0.278. The first kappa shape index (κ1) is 15.8. The highest BCUT2D eigenvalue weighted by molar-refractivity contribution is 5.67. The monoisotopic (exact) mass is 265 g/mol. The topological polar surface area (TPSA) is 38.3 Å². The van der Waals surface area contributed by atoms with Crippen LogP contribution in [0.2, 0.25) is 0 Å². The van der Waals surface area contributed by atoms with E-state index in [2.05, 4.69) is 38.2 Å². The highest BCUT2D eigenvalue weighted by Gasteiger charge is 2.18. The molecule has 1 saturated carbocycles. The number of hydrogen-bond donors (Lipinski definition) is 1. The quantitative estimate of drug-likeness (QED) is 0.725. The molecule has 0 bridgehead atoms. The van der Waals surface area contributed by atoms with Gasteiger partial charge in [-0.25, -0.2) is 4.79 Å². The lowest BCUT2D eigenvalue weighted by Crippen LogP contribution is -2.28. The Bertz CT molecular complexity index is 335. The van der Waals surface area contributed by atoms with E-state index in [1.165, 1.54) is 24.0 Å². The van der Waals surface area contributed by atoms with E-state index in [1.807, 2.05) is 0 Å². The average molecular weight is 265 g/mol. The predicted molar refractivity (Wildman–Crippen MR) is 79.2 cm³/mol. The van der Waals surface area contributed by atoms with E-state index in [9.17, 15) is 4.79 Å². The van der Waals surface area contributed by atoms with Gasteiger partial charge in [0.25, 0.3) is 0 Å². The summed E-state index contributed by atoms with van der Waals surface area (Å²) in [6.07, 6.45) is 10.7. The first-order valence-corrected chi connectivity index (χ1v) is 7.31. The lowest BCUT2D eigenvalue weighted by Gasteiger charge is -2.11. The van der Waals surface area contributed by atoms with Crippen LogP contribution in [0.15, 0.2) is 23.3 Å². The van der Waals surface area contributed by atoms with E-state index < -0.39 is 0 Å². The van der Waals surface area contributed by atoms with Crippen LogP contribution in [0.25, 0.3) is 0 Å². The molecule has 0 radical (unpaired) electrons. The second kappa shape index (κ2) is 8.78. The van der Waals surface area contributed by atoms with Gasteiger partial charge < -0.3 is 10.1 Å². The van der Waals surface area contributed by atoms with E-state index in [1.54, 1.807) is 0 Å². The zero-order valence-electron chi connectivity index (χ0n) is 12.5. The van der Waals surface area contributed by atoms with Crippen molar-refractivity contribution in [3.63, 3.8) is 0 Å². The summed E-state index contributed by atoms with van der Waals surface area (Å²) in [7, 11) is 0. The van der Waals surface area contributed by atoms with Gasteiger partial charge in [-0.15, -0.1) is 0 Å². The smallest absolute Gasteiger partial charge is 0.407 e. The summed E-state index contributed by atoms with van der Waals surface area (Å²) in [5.74, 6) is 0. The molecule has 3 nitrogen and oxygen atoms in total. The molecule has 0 aromatic carbocycles. The van der Waals surface area contributed by atoms with Crippen molar-refractivity contribution in [3.8, 4) is 0 Å². The van der Waals surface area contributed by atoms with Gasteiger partial charge in [-0.3, -0.25) is 0 Å². The molecule has 1 aliphatic carbocycles. The fourth-order valence-electron chi connectivity index (χ4n) is 2.20. The van der Waals surface area contributed by atoms with Crippen molar-refractivity contribution in [2.24, 2.45) is 0 Å². The van der Waals surface area contributed by atoms with Crippen molar-refractivity contribution in [3.05, 3.63) is 23.3 Å². The second-order valence-electron chi connectivity index (χ2n) is 5.56. The van der Waals surface area contributed by atoms with E-state index in [0.29, 0.717) is 6.54 Å². The first-order chi connectivity index (χ1) is 9.08. The van der Waals surface area contributed by atoms with Crippen molar-refractivity contribution < 1.29 is 9.53 Å². The Hall–Kier alpha value is -1.25. The van der Waals surface area contributed by atoms with Gasteiger partial charge in [-0.05, 0) is 59.3 Å². The maximum atomic E-state index is 11.5. The van der Waals surface area contributed by atoms with Gasteiger partial charge in [0.1, 0.15) is 6.10 Å². The average Bonchev–Trinajstić information content (AvgIpc) is 2.81. The molecule has 0 saturated heterocycles. The Morgan fingerprint density at radius 2 is 1.89 bits per heavy atom. The van der Waals surface area contributed by atoms with Gasteiger partial charge in [0, 0.05) is 6.54 Å². The van der Waals surface area contributed by atoms with Gasteiger partial charge in [0.15, 0.2) is 0 Å². The predicted octanol–water partition coefficient (Wildman–Crippen LogP) is 4.35. The summed E-state index contributed by atoms with van der Waals surface area (Å²) in [5.41, 5.74) is 2.66. The van der Waals surface area contributed by atoms with Crippen molar-refractivity contribution in [1.82, 2.24) is 5.32 Å². The molecule has 1 fully saturated rings. The summed E-state index contributed by atoms with van der Waals surface area (Å²) in [5, 5.41) is 2.79. The van der Waals surface area contributed by atoms with Crippen molar-refractivity contribution >= 4 is 6.09 Å². The molecular weight excluding hydrogens is 238 g/mol. The SMILES string of the molecule is CC(C)=CCCC(C)=CCNC(=O)OC1CCCC1. The molecule has 0 aliphatic heterocycles. The molecule has 19 heavy (non-hydrogen) atoms. The molecule has 1 rings (SSSR count). The van der Waals surface area contributed by atoms with Gasteiger partial charge in [-0.1, -0.05) is 23.3 Å². The van der Waals surface area contributed by atoms with Crippen molar-refractivity contribution in [1.29, 1.82) is 0 Å². The number of rotatable bonds is 6. The highest BCUT2D eigenvalue weighted by Crippen LogP contribution is 2.20. The Balaban J connectivity index is 2.13. The Morgan fingerprint density at radius 3 is 2.53 bits per heavy atom. The first-order valence-electron chi connectivity index (χ1n) is 7.31. The number of allylic oxidation sites excluding steroid dienone is 3. The summed E-state index contributed by atoms with van der Waals surface area (Å²) in [6.45, 7) is 6.88. The van der Waals surface area contributed by atoms with Crippen LogP contribution in [-0.4, -0.2) is 18.7 Å². The molecule has 0 atom stereocenters. The zero-order valence-corrected chi connectivity index (χ0v) is 12.5. The second-order valence-corrected chi connectivity index (χ2v) is 5.56. The number of ether oxygens (including phenoxy) is 1. The third-order valence-corrected chi connectivity index (χ3v) is 3.36. The number of hydrogen-bond acceptors (Lipinski definition) is 2. The standard InChI is InChI=1S/C16H27NO2/c1-13(2)7-6-8-14(3)11-12-17-16(18)19-15-9-4-5-10-15/h7,11,15H,4-6,8-10,12H2,1-3H3,(H,17,18). The van der Waals surface area contributed by atoms with Crippen LogP contribution >= 0.6 is 0 Å². The van der Waals surface area contributed by atoms with Crippen LogP contribution in [0.1, 0.15) is 59.3 Å². The number of alkyl carbamates (subject to hydrolysis) is 1. The minimum absolute atomic E-state index is 0.141. The summed E-state index contributed by atoms with van der Waals surface area (Å²) < 4.78 is 5.32. The summed E-state index contributed by atoms with van der Waals surface area (Å²) in [4.78, 5) is 11.5. The van der Waals surface area contributed by atoms with E-state index in [-0.39, 0.29) is 12.2 Å². The van der Waals surface area contributed by atoms with Crippen LogP contribution in [0.5, 0.6) is 0 Å². The zero-order chi connectivity index (χ0) is 14.1. The number of amides is 1. The van der Waals surface area contributed by atoms with Gasteiger partial charge in [0.05, 0.1) is 0 Å². The third kappa shape index (κ3) is 7.70. The van der Waals surface area contributed by atoms with Crippen LogP contribution in [0.3, 0.4) is 0 Å². The molecular formula is C16H27NO2. The van der Waals surface area contributed by atoms with Crippen LogP contribution in [0.4, 0.5) is 4.79 Å². The maximum absolute atomic E-state index is 11.5. The van der Waals surface area contributed by atoms with Crippen molar-refractivity contribution in [2.75, 3.05) is 6.54 Å². The van der Waals surface area contributed by atoms with E-state index in [4.69, 9.17) is 4.74 Å². The molecule has 0 unspecified atom stereocenters. The molecule has 1 N–H and O–H groups in total. The van der Waals surface area contributed by atoms with Gasteiger partial charge >= 0.3 is 6.09 Å². The minimum Gasteiger partial charge on any atom is -0.446 e. The highest BCUT2D eigenvalue weighted by atomic mass is 16.6. The largest absolute Gasteiger partial charge is 0.446 e. The lowest BCUT2D eigenvalue weighted by molar-refractivity contribution is 0.102. The molecule has 1 amide bonds. The normalized spacial score (nSPS) is 16.3. The van der Waals surface area contributed by atoms with Crippen molar-refractivity contribution in [2.45, 2.75) is 65.4 Å². The molecule has 0 spiro atoms. The summed E-state index contributed by atoms with van der Waals surface area (Å²) >= 11 is 0. The third-order valence-electron chi connectivity index (χ3n) is 3.36. The van der Waals surface area contributed by atoms with Crippen LogP contribution in [0, 0.1) is 0 Å². The molecule has 0 aromatic rings. The van der Waals surface area contributed by atoms with E-state index in [0.717, 1.165) is 25.7 Å². The molecule has 108 valence electrons. The lowest BCUT2D eigenvalue weighted by atomic mass is 10.1.